The topological polar surface area (TPSA) is 90.1 Å². The first kappa shape index (κ1) is 11.2. The molecule has 0 saturated heterocycles. The SMILES string of the molecule is CCCNC(=O)Cn1ccnc1[N+](=O)[O-]. The maximum absolute atomic E-state index is 11.3. The van der Waals surface area contributed by atoms with Crippen molar-refractivity contribution in [3.63, 3.8) is 0 Å². The number of carbonyl (C=O) groups is 1. The van der Waals surface area contributed by atoms with Gasteiger partial charge in [-0.15, -0.1) is 0 Å². The number of nitrogens with one attached hydrogen (secondary N) is 1. The molecule has 7 nitrogen and oxygen atoms in total. The third-order valence-electron chi connectivity index (χ3n) is 1.74. The third kappa shape index (κ3) is 3.04. The molecule has 82 valence electrons. The Morgan fingerprint density at radius 2 is 2.47 bits per heavy atom. The summed E-state index contributed by atoms with van der Waals surface area (Å²) in [6, 6.07) is 0. The zero-order valence-corrected chi connectivity index (χ0v) is 8.34. The van der Waals surface area contributed by atoms with Gasteiger partial charge in [-0.3, -0.25) is 4.79 Å². The molecule has 0 atom stereocenters. The summed E-state index contributed by atoms with van der Waals surface area (Å²) in [7, 11) is 0. The van der Waals surface area contributed by atoms with Crippen LogP contribution in [0.15, 0.2) is 12.4 Å². The molecule has 0 saturated carbocycles. The van der Waals surface area contributed by atoms with Gasteiger partial charge in [0.25, 0.3) is 5.91 Å². The summed E-state index contributed by atoms with van der Waals surface area (Å²) >= 11 is 0. The van der Waals surface area contributed by atoms with Gasteiger partial charge in [0.05, 0.1) is 0 Å². The lowest BCUT2D eigenvalue weighted by Crippen LogP contribution is -2.28. The number of nitrogens with zero attached hydrogens (tertiary/aromatic N) is 3. The second kappa shape index (κ2) is 5.08. The zero-order valence-electron chi connectivity index (χ0n) is 8.34. The van der Waals surface area contributed by atoms with Crippen molar-refractivity contribution < 1.29 is 9.72 Å². The van der Waals surface area contributed by atoms with E-state index in [2.05, 4.69) is 10.3 Å². The highest BCUT2D eigenvalue weighted by Crippen LogP contribution is 2.06. The van der Waals surface area contributed by atoms with Gasteiger partial charge in [0.1, 0.15) is 12.4 Å². The Bertz CT molecular complexity index is 361. The van der Waals surface area contributed by atoms with Crippen molar-refractivity contribution in [3.8, 4) is 0 Å². The number of carbonyl (C=O) groups excluding carboxylic acids is 1. The first-order valence-corrected chi connectivity index (χ1v) is 4.57. The lowest BCUT2D eigenvalue weighted by atomic mass is 10.4. The first-order chi connectivity index (χ1) is 7.15. The van der Waals surface area contributed by atoms with Gasteiger partial charge in [-0.2, -0.15) is 0 Å². The van der Waals surface area contributed by atoms with Crippen LogP contribution in [0.25, 0.3) is 0 Å². The van der Waals surface area contributed by atoms with E-state index in [4.69, 9.17) is 0 Å². The first-order valence-electron chi connectivity index (χ1n) is 4.57. The molecule has 0 bridgehead atoms. The minimum absolute atomic E-state index is 0.0731. The molecule has 0 aliphatic rings. The van der Waals surface area contributed by atoms with Crippen LogP contribution in [0, 0.1) is 10.1 Å². The molecule has 0 radical (unpaired) electrons. The Labute approximate surface area is 86.3 Å². The van der Waals surface area contributed by atoms with Crippen molar-refractivity contribution in [2.24, 2.45) is 0 Å². The number of hydrogen-bond donors (Lipinski definition) is 1. The molecule has 15 heavy (non-hydrogen) atoms. The fourth-order valence-corrected chi connectivity index (χ4v) is 1.07. The second-order valence-electron chi connectivity index (χ2n) is 2.96. The number of amides is 1. The van der Waals surface area contributed by atoms with Gasteiger partial charge in [0, 0.05) is 6.54 Å². The lowest BCUT2D eigenvalue weighted by Gasteiger charge is -2.02. The smallest absolute Gasteiger partial charge is 0.390 e. The Kier molecular flexibility index (Phi) is 3.78. The highest BCUT2D eigenvalue weighted by atomic mass is 16.6. The third-order valence-corrected chi connectivity index (χ3v) is 1.74. The van der Waals surface area contributed by atoms with E-state index in [0.29, 0.717) is 6.54 Å². The van der Waals surface area contributed by atoms with Crippen LogP contribution in [0.1, 0.15) is 13.3 Å². The Balaban J connectivity index is 2.60. The van der Waals surface area contributed by atoms with Crippen molar-refractivity contribution in [2.45, 2.75) is 19.9 Å². The highest BCUT2D eigenvalue weighted by Gasteiger charge is 2.16. The molecule has 1 rings (SSSR count). The monoisotopic (exact) mass is 212 g/mol. The van der Waals surface area contributed by atoms with Gasteiger partial charge in [-0.05, 0) is 11.3 Å². The number of nitro groups is 1. The summed E-state index contributed by atoms with van der Waals surface area (Å²) in [5.74, 6) is -0.570. The Morgan fingerprint density at radius 1 is 1.73 bits per heavy atom. The molecule has 1 heterocycles. The van der Waals surface area contributed by atoms with Gasteiger partial charge < -0.3 is 15.4 Å². The molecular weight excluding hydrogens is 200 g/mol. The molecule has 1 aromatic heterocycles. The van der Waals surface area contributed by atoms with Crippen molar-refractivity contribution in [3.05, 3.63) is 22.5 Å². The van der Waals surface area contributed by atoms with Crippen LogP contribution in [0.4, 0.5) is 5.95 Å². The van der Waals surface area contributed by atoms with Crippen LogP contribution in [-0.4, -0.2) is 26.9 Å². The van der Waals surface area contributed by atoms with E-state index in [0.717, 1.165) is 6.42 Å². The van der Waals surface area contributed by atoms with Crippen LogP contribution in [0.5, 0.6) is 0 Å². The molecule has 1 amide bonds. The average molecular weight is 212 g/mol. The van der Waals surface area contributed by atoms with Crippen molar-refractivity contribution >= 4 is 11.9 Å². The van der Waals surface area contributed by atoms with Gasteiger partial charge in [0.2, 0.25) is 0 Å². The van der Waals surface area contributed by atoms with E-state index in [9.17, 15) is 14.9 Å². The predicted octanol–water partition coefficient (Wildman–Crippen LogP) is 0.317. The lowest BCUT2D eigenvalue weighted by molar-refractivity contribution is -0.396. The van der Waals surface area contributed by atoms with Crippen LogP contribution >= 0.6 is 0 Å². The van der Waals surface area contributed by atoms with E-state index < -0.39 is 4.92 Å². The van der Waals surface area contributed by atoms with Crippen LogP contribution in [0.3, 0.4) is 0 Å². The molecule has 1 aromatic rings. The van der Waals surface area contributed by atoms with E-state index in [1.54, 1.807) is 0 Å². The van der Waals surface area contributed by atoms with Gasteiger partial charge in [0.15, 0.2) is 6.54 Å². The summed E-state index contributed by atoms with van der Waals surface area (Å²) in [5, 5.41) is 13.1. The van der Waals surface area contributed by atoms with Crippen LogP contribution in [-0.2, 0) is 11.3 Å². The Morgan fingerprint density at radius 3 is 3.07 bits per heavy atom. The fraction of sp³-hybridized carbons (Fsp3) is 0.500. The second-order valence-corrected chi connectivity index (χ2v) is 2.96. The molecule has 7 heteroatoms. The summed E-state index contributed by atoms with van der Waals surface area (Å²) < 4.78 is 1.20. The molecule has 1 N–H and O–H groups in total. The van der Waals surface area contributed by atoms with Crippen molar-refractivity contribution in [2.75, 3.05) is 6.54 Å². The van der Waals surface area contributed by atoms with Crippen molar-refractivity contribution in [1.29, 1.82) is 0 Å². The van der Waals surface area contributed by atoms with Crippen molar-refractivity contribution in [1.82, 2.24) is 14.9 Å². The molecule has 0 unspecified atom stereocenters. The number of aromatic nitrogens is 2. The standard InChI is InChI=1S/C8H12N4O3/c1-2-3-9-7(13)6-11-5-4-10-8(11)12(14)15/h4-5H,2-3,6H2,1H3,(H,9,13). The van der Waals surface area contributed by atoms with Crippen LogP contribution in [0.2, 0.25) is 0 Å². The largest absolute Gasteiger partial charge is 0.435 e. The minimum Gasteiger partial charge on any atom is -0.390 e. The maximum atomic E-state index is 11.3. The quantitative estimate of drug-likeness (QED) is 0.562. The fourth-order valence-electron chi connectivity index (χ4n) is 1.07. The Hall–Kier alpha value is -1.92. The van der Waals surface area contributed by atoms with Gasteiger partial charge in [-0.1, -0.05) is 11.9 Å². The molecule has 0 aliphatic carbocycles. The molecule has 0 spiro atoms. The number of rotatable bonds is 5. The van der Waals surface area contributed by atoms with E-state index in [1.807, 2.05) is 6.92 Å². The number of hydrogen-bond acceptors (Lipinski definition) is 4. The summed E-state index contributed by atoms with van der Waals surface area (Å²) in [6.45, 7) is 2.43. The molecular formula is C8H12N4O3. The predicted molar refractivity (Wildman–Crippen MR) is 52.2 cm³/mol. The van der Waals surface area contributed by atoms with E-state index in [1.165, 1.54) is 17.0 Å². The normalized spacial score (nSPS) is 9.93. The van der Waals surface area contributed by atoms with Crippen LogP contribution < -0.4 is 5.32 Å². The van der Waals surface area contributed by atoms with Gasteiger partial charge in [-0.25, -0.2) is 4.57 Å². The summed E-state index contributed by atoms with van der Waals surface area (Å²) in [5.41, 5.74) is 0. The summed E-state index contributed by atoms with van der Waals surface area (Å²) in [4.78, 5) is 24.6. The van der Waals surface area contributed by atoms with E-state index >= 15 is 0 Å². The highest BCUT2D eigenvalue weighted by molar-refractivity contribution is 5.75. The molecule has 0 fully saturated rings. The van der Waals surface area contributed by atoms with Gasteiger partial charge >= 0.3 is 5.95 Å². The molecule has 0 aromatic carbocycles. The average Bonchev–Trinajstić information content (AvgIpc) is 2.62. The molecule has 0 aliphatic heterocycles. The minimum atomic E-state index is -0.618. The number of imidazole rings is 1. The zero-order chi connectivity index (χ0) is 11.3. The maximum Gasteiger partial charge on any atom is 0.435 e. The van der Waals surface area contributed by atoms with E-state index in [-0.39, 0.29) is 18.4 Å². The summed E-state index contributed by atoms with van der Waals surface area (Å²) in [6.07, 6.45) is 3.53.